The Bertz CT molecular complexity index is 1190. The monoisotopic (exact) mass is 430 g/mol. The van der Waals surface area contributed by atoms with Gasteiger partial charge in [0.25, 0.3) is 0 Å². The third-order valence-electron chi connectivity index (χ3n) is 5.51. The Morgan fingerprint density at radius 2 is 1.81 bits per heavy atom. The lowest BCUT2D eigenvalue weighted by Gasteiger charge is -2.36. The summed E-state index contributed by atoms with van der Waals surface area (Å²) in [6.07, 6.45) is -3.98. The number of phenolic OH excluding ortho intramolecular Hbond substituents is 3. The van der Waals surface area contributed by atoms with Gasteiger partial charge in [-0.15, -0.1) is 0 Å². The minimum absolute atomic E-state index is 0.0626. The van der Waals surface area contributed by atoms with Gasteiger partial charge < -0.3 is 39.4 Å². The lowest BCUT2D eigenvalue weighted by molar-refractivity contribution is -0.164. The highest BCUT2D eigenvalue weighted by molar-refractivity contribution is 5.88. The molecule has 5 N–H and O–H groups in total. The first-order chi connectivity index (χ1) is 14.7. The second-order valence-electron chi connectivity index (χ2n) is 7.52. The number of fused-ring (bicyclic) bond motifs is 1. The molecule has 1 aliphatic rings. The van der Waals surface area contributed by atoms with Gasteiger partial charge in [-0.2, -0.15) is 0 Å². The Morgan fingerprint density at radius 1 is 1.06 bits per heavy atom. The largest absolute Gasteiger partial charge is 0.507 e. The van der Waals surface area contributed by atoms with Crippen molar-refractivity contribution in [3.63, 3.8) is 0 Å². The zero-order valence-corrected chi connectivity index (χ0v) is 16.8. The van der Waals surface area contributed by atoms with Gasteiger partial charge in [-0.1, -0.05) is 0 Å². The van der Waals surface area contributed by atoms with Crippen molar-refractivity contribution in [2.24, 2.45) is 0 Å². The van der Waals surface area contributed by atoms with Crippen LogP contribution in [0.15, 0.2) is 39.5 Å². The number of rotatable bonds is 3. The molecule has 9 heteroatoms. The minimum Gasteiger partial charge on any atom is -0.507 e. The quantitative estimate of drug-likeness (QED) is 0.421. The smallest absolute Gasteiger partial charge is 0.197 e. The maximum atomic E-state index is 12.8. The number of hydrogen-bond acceptors (Lipinski definition) is 9. The van der Waals surface area contributed by atoms with Gasteiger partial charge in [0.05, 0.1) is 31.0 Å². The summed E-state index contributed by atoms with van der Waals surface area (Å²) in [4.78, 5) is 12.8. The molecule has 164 valence electrons. The van der Waals surface area contributed by atoms with Crippen LogP contribution in [0.3, 0.4) is 0 Å². The van der Waals surface area contributed by atoms with E-state index in [4.69, 9.17) is 13.9 Å². The number of hydrogen-bond donors (Lipinski definition) is 5. The molecule has 1 aromatic heterocycles. The van der Waals surface area contributed by atoms with Gasteiger partial charge in [-0.05, 0) is 25.1 Å². The predicted molar refractivity (Wildman–Crippen MR) is 109 cm³/mol. The highest BCUT2D eigenvalue weighted by Crippen LogP contribution is 2.44. The third-order valence-corrected chi connectivity index (χ3v) is 5.51. The molecule has 1 saturated heterocycles. The van der Waals surface area contributed by atoms with E-state index in [-0.39, 0.29) is 46.0 Å². The van der Waals surface area contributed by atoms with Crippen molar-refractivity contribution in [3.05, 3.63) is 46.1 Å². The number of benzene rings is 2. The molecule has 9 nitrogen and oxygen atoms in total. The van der Waals surface area contributed by atoms with Gasteiger partial charge >= 0.3 is 0 Å². The van der Waals surface area contributed by atoms with Crippen molar-refractivity contribution < 1.29 is 39.4 Å². The average molecular weight is 430 g/mol. The van der Waals surface area contributed by atoms with Crippen LogP contribution < -0.4 is 10.2 Å². The number of methoxy groups -OCH3 is 1. The Labute approximate surface area is 176 Å². The summed E-state index contributed by atoms with van der Waals surface area (Å²) in [6, 6.07) is 6.80. The van der Waals surface area contributed by atoms with E-state index in [0.717, 1.165) is 6.07 Å². The van der Waals surface area contributed by atoms with Crippen LogP contribution in [-0.4, -0.2) is 51.0 Å². The van der Waals surface area contributed by atoms with Crippen molar-refractivity contribution in [2.45, 2.75) is 37.8 Å². The molecular formula is C22H22O9. The number of aromatic hydroxyl groups is 3. The van der Waals surface area contributed by atoms with E-state index in [0.29, 0.717) is 5.56 Å². The van der Waals surface area contributed by atoms with Gasteiger partial charge in [-0.3, -0.25) is 4.79 Å². The third kappa shape index (κ3) is 3.56. The number of phenols is 3. The first kappa shape index (κ1) is 21.0. The van der Waals surface area contributed by atoms with Crippen LogP contribution in [0.4, 0.5) is 0 Å². The van der Waals surface area contributed by atoms with Gasteiger partial charge in [0.2, 0.25) is 0 Å². The zero-order chi connectivity index (χ0) is 22.4. The summed E-state index contributed by atoms with van der Waals surface area (Å²) in [7, 11) is 1.41. The summed E-state index contributed by atoms with van der Waals surface area (Å²) in [6.45, 7) is 1.56. The molecule has 0 saturated carbocycles. The lowest BCUT2D eigenvalue weighted by Crippen LogP contribution is -2.43. The minimum atomic E-state index is -1.12. The van der Waals surface area contributed by atoms with Crippen LogP contribution in [0, 0.1) is 0 Å². The van der Waals surface area contributed by atoms with E-state index in [1.54, 1.807) is 13.0 Å². The summed E-state index contributed by atoms with van der Waals surface area (Å²) >= 11 is 0. The summed E-state index contributed by atoms with van der Waals surface area (Å²) in [5, 5.41) is 51.1. The molecule has 0 bridgehead atoms. The Hall–Kier alpha value is -3.27. The van der Waals surface area contributed by atoms with Crippen molar-refractivity contribution in [1.29, 1.82) is 0 Å². The average Bonchev–Trinajstić information content (AvgIpc) is 2.71. The molecule has 2 aromatic carbocycles. The van der Waals surface area contributed by atoms with Gasteiger partial charge in [0.1, 0.15) is 34.3 Å². The summed E-state index contributed by atoms with van der Waals surface area (Å²) < 4.78 is 16.3. The van der Waals surface area contributed by atoms with Crippen molar-refractivity contribution in [2.75, 3.05) is 7.11 Å². The molecule has 0 radical (unpaired) electrons. The number of ether oxygens (including phenoxy) is 2. The summed E-state index contributed by atoms with van der Waals surface area (Å²) in [5.41, 5.74) is -0.315. The Balaban J connectivity index is 1.82. The highest BCUT2D eigenvalue weighted by atomic mass is 16.5. The van der Waals surface area contributed by atoms with Crippen LogP contribution in [0.25, 0.3) is 22.3 Å². The normalized spacial score (nSPS) is 23.7. The fourth-order valence-electron chi connectivity index (χ4n) is 3.86. The predicted octanol–water partition coefficient (Wildman–Crippen LogP) is 2.16. The highest BCUT2D eigenvalue weighted by Gasteiger charge is 2.37. The zero-order valence-electron chi connectivity index (χ0n) is 16.8. The first-order valence-corrected chi connectivity index (χ1v) is 9.63. The number of aliphatic hydroxyl groups is 2. The van der Waals surface area contributed by atoms with Crippen LogP contribution >= 0.6 is 0 Å². The molecule has 4 rings (SSSR count). The molecule has 4 atom stereocenters. The molecule has 0 aliphatic carbocycles. The van der Waals surface area contributed by atoms with E-state index in [1.807, 2.05) is 0 Å². The summed E-state index contributed by atoms with van der Waals surface area (Å²) in [5.74, 6) is -0.686. The fourth-order valence-corrected chi connectivity index (χ4v) is 3.86. The number of aliphatic hydroxyl groups excluding tert-OH is 2. The van der Waals surface area contributed by atoms with E-state index < -0.39 is 35.6 Å². The second-order valence-corrected chi connectivity index (χ2v) is 7.52. The van der Waals surface area contributed by atoms with Crippen LogP contribution in [0.1, 0.15) is 25.0 Å². The van der Waals surface area contributed by atoms with Gasteiger partial charge in [0.15, 0.2) is 16.9 Å². The lowest BCUT2D eigenvalue weighted by atomic mass is 9.92. The molecule has 2 heterocycles. The van der Waals surface area contributed by atoms with E-state index in [1.165, 1.54) is 25.3 Å². The molecule has 31 heavy (non-hydrogen) atoms. The van der Waals surface area contributed by atoms with Crippen LogP contribution in [0.5, 0.6) is 23.0 Å². The first-order valence-electron chi connectivity index (χ1n) is 9.63. The molecule has 0 spiro atoms. The van der Waals surface area contributed by atoms with E-state index in [2.05, 4.69) is 0 Å². The molecule has 1 fully saturated rings. The van der Waals surface area contributed by atoms with Gasteiger partial charge in [0, 0.05) is 24.1 Å². The maximum Gasteiger partial charge on any atom is 0.197 e. The van der Waals surface area contributed by atoms with E-state index in [9.17, 15) is 30.3 Å². The van der Waals surface area contributed by atoms with Gasteiger partial charge in [-0.25, -0.2) is 0 Å². The maximum absolute atomic E-state index is 12.8. The van der Waals surface area contributed by atoms with Crippen LogP contribution in [0.2, 0.25) is 0 Å². The van der Waals surface area contributed by atoms with Crippen molar-refractivity contribution >= 4 is 11.0 Å². The molecule has 3 aromatic rings. The second kappa shape index (κ2) is 7.77. The molecular weight excluding hydrogens is 408 g/mol. The Kier molecular flexibility index (Phi) is 5.26. The SMILES string of the molecule is COc1ccc(-c2cc(=O)c3c(O)c([C@@H]4C[C@@H](O)[C@@H](O)[C@@H](C)O4)c(O)cc3o2)cc1O. The Morgan fingerprint density at radius 3 is 2.45 bits per heavy atom. The topological polar surface area (TPSA) is 150 Å². The van der Waals surface area contributed by atoms with Crippen molar-refractivity contribution in [1.82, 2.24) is 0 Å². The molecule has 1 aliphatic heterocycles. The van der Waals surface area contributed by atoms with Crippen molar-refractivity contribution in [3.8, 4) is 34.3 Å². The molecule has 0 amide bonds. The standard InChI is InChI=1S/C22H22O9/c1-9-21(27)14(26)8-17(30-9)19-13(25)7-18-20(22(19)28)12(24)6-16(31-18)10-3-4-15(29-2)11(23)5-10/h3-7,9,14,17,21,23,25-28H,8H2,1-2H3/t9-,14-,17+,21+/m1/s1. The fraction of sp³-hybridized carbons (Fsp3) is 0.318. The molecule has 0 unspecified atom stereocenters. The van der Waals surface area contributed by atoms with Crippen LogP contribution in [-0.2, 0) is 4.74 Å². The van der Waals surface area contributed by atoms with E-state index >= 15 is 0 Å².